The Morgan fingerprint density at radius 2 is 1.65 bits per heavy atom. The summed E-state index contributed by atoms with van der Waals surface area (Å²) in [5, 5.41) is 6.52. The van der Waals surface area contributed by atoms with Gasteiger partial charge in [0.25, 0.3) is 0 Å². The van der Waals surface area contributed by atoms with Gasteiger partial charge >= 0.3 is 0 Å². The Bertz CT molecular complexity index is 387. The summed E-state index contributed by atoms with van der Waals surface area (Å²) in [4.78, 5) is 12.2. The lowest BCUT2D eigenvalue weighted by atomic mass is 10.0. The van der Waals surface area contributed by atoms with E-state index in [9.17, 15) is 4.79 Å². The van der Waals surface area contributed by atoms with Crippen LogP contribution in [0.1, 0.15) is 58.6 Å². The molecular formula is C17H28N2O. The van der Waals surface area contributed by atoms with E-state index >= 15 is 0 Å². The van der Waals surface area contributed by atoms with Gasteiger partial charge in [0.05, 0.1) is 6.04 Å². The first-order valence-electron chi connectivity index (χ1n) is 7.73. The molecule has 1 aromatic rings. The van der Waals surface area contributed by atoms with Crippen molar-refractivity contribution in [3.05, 3.63) is 35.9 Å². The predicted octanol–water partition coefficient (Wildman–Crippen LogP) is 3.42. The standard InChI is InChI=1S/C17H28N2O/c1-5-15(6-2)19-17(20)13(4)18-16(7-3)14-11-9-8-10-12-14/h8-13,15-16,18H,5-7H2,1-4H3,(H,19,20). The summed E-state index contributed by atoms with van der Waals surface area (Å²) in [6.07, 6.45) is 2.92. The lowest BCUT2D eigenvalue weighted by molar-refractivity contribution is -0.123. The molecule has 0 radical (unpaired) electrons. The van der Waals surface area contributed by atoms with E-state index in [4.69, 9.17) is 0 Å². The Labute approximate surface area is 123 Å². The normalized spacial score (nSPS) is 14.1. The maximum Gasteiger partial charge on any atom is 0.237 e. The first-order valence-corrected chi connectivity index (χ1v) is 7.73. The van der Waals surface area contributed by atoms with E-state index < -0.39 is 0 Å². The SMILES string of the molecule is CCC(CC)NC(=O)C(C)NC(CC)c1ccccc1. The molecule has 0 spiro atoms. The van der Waals surface area contributed by atoms with Gasteiger partial charge in [-0.2, -0.15) is 0 Å². The number of hydrogen-bond donors (Lipinski definition) is 2. The zero-order chi connectivity index (χ0) is 15.0. The van der Waals surface area contributed by atoms with Gasteiger partial charge in [-0.15, -0.1) is 0 Å². The largest absolute Gasteiger partial charge is 0.352 e. The highest BCUT2D eigenvalue weighted by atomic mass is 16.2. The molecule has 0 aromatic heterocycles. The minimum absolute atomic E-state index is 0.0908. The minimum Gasteiger partial charge on any atom is -0.352 e. The molecular weight excluding hydrogens is 248 g/mol. The fraction of sp³-hybridized carbons (Fsp3) is 0.588. The van der Waals surface area contributed by atoms with Crippen LogP contribution in [0.5, 0.6) is 0 Å². The number of carbonyl (C=O) groups is 1. The average Bonchev–Trinajstić information content (AvgIpc) is 2.50. The van der Waals surface area contributed by atoms with Crippen LogP contribution in [0.4, 0.5) is 0 Å². The third-order valence-corrected chi connectivity index (χ3v) is 3.79. The van der Waals surface area contributed by atoms with Gasteiger partial charge in [0.2, 0.25) is 5.91 Å². The van der Waals surface area contributed by atoms with Crippen LogP contribution in [-0.4, -0.2) is 18.0 Å². The van der Waals surface area contributed by atoms with E-state index in [2.05, 4.69) is 43.5 Å². The Morgan fingerprint density at radius 1 is 1.05 bits per heavy atom. The molecule has 2 N–H and O–H groups in total. The average molecular weight is 276 g/mol. The van der Waals surface area contributed by atoms with Crippen molar-refractivity contribution in [2.24, 2.45) is 0 Å². The summed E-state index contributed by atoms with van der Waals surface area (Å²) in [6.45, 7) is 8.27. The van der Waals surface area contributed by atoms with E-state index in [0.29, 0.717) is 0 Å². The van der Waals surface area contributed by atoms with Gasteiger partial charge in [0.1, 0.15) is 0 Å². The Kier molecular flexibility index (Phi) is 7.31. The molecule has 0 bridgehead atoms. The first-order chi connectivity index (χ1) is 9.62. The number of nitrogens with one attached hydrogen (secondary N) is 2. The summed E-state index contributed by atoms with van der Waals surface area (Å²) in [7, 11) is 0. The van der Waals surface area contributed by atoms with Crippen molar-refractivity contribution in [1.82, 2.24) is 10.6 Å². The van der Waals surface area contributed by atoms with Crippen LogP contribution in [0.2, 0.25) is 0 Å². The van der Waals surface area contributed by atoms with Gasteiger partial charge < -0.3 is 5.32 Å². The molecule has 0 aliphatic rings. The van der Waals surface area contributed by atoms with E-state index in [-0.39, 0.29) is 24.0 Å². The highest BCUT2D eigenvalue weighted by Gasteiger charge is 2.19. The highest BCUT2D eigenvalue weighted by Crippen LogP contribution is 2.16. The van der Waals surface area contributed by atoms with Gasteiger partial charge in [0.15, 0.2) is 0 Å². The van der Waals surface area contributed by atoms with Crippen LogP contribution in [0, 0.1) is 0 Å². The summed E-state index contributed by atoms with van der Waals surface area (Å²) >= 11 is 0. The third kappa shape index (κ3) is 4.97. The van der Waals surface area contributed by atoms with Crippen molar-refractivity contribution in [3.8, 4) is 0 Å². The van der Waals surface area contributed by atoms with Gasteiger partial charge in [0, 0.05) is 12.1 Å². The number of amides is 1. The Morgan fingerprint density at radius 3 is 2.15 bits per heavy atom. The Balaban J connectivity index is 2.59. The maximum atomic E-state index is 12.2. The second-order valence-electron chi connectivity index (χ2n) is 5.28. The van der Waals surface area contributed by atoms with Crippen LogP contribution in [-0.2, 0) is 4.79 Å². The number of hydrogen-bond acceptors (Lipinski definition) is 2. The van der Waals surface area contributed by atoms with E-state index in [1.54, 1.807) is 0 Å². The van der Waals surface area contributed by atoms with Gasteiger partial charge in [-0.05, 0) is 31.7 Å². The van der Waals surface area contributed by atoms with Gasteiger partial charge in [-0.1, -0.05) is 51.1 Å². The number of carbonyl (C=O) groups excluding carboxylic acids is 1. The third-order valence-electron chi connectivity index (χ3n) is 3.79. The van der Waals surface area contributed by atoms with Crippen molar-refractivity contribution in [2.75, 3.05) is 0 Å². The fourth-order valence-corrected chi connectivity index (χ4v) is 2.33. The smallest absolute Gasteiger partial charge is 0.237 e. The molecule has 2 atom stereocenters. The molecule has 0 saturated carbocycles. The Hall–Kier alpha value is -1.35. The van der Waals surface area contributed by atoms with Crippen molar-refractivity contribution in [1.29, 1.82) is 0 Å². The van der Waals surface area contributed by atoms with Crippen LogP contribution in [0.15, 0.2) is 30.3 Å². The van der Waals surface area contributed by atoms with Crippen LogP contribution in [0.3, 0.4) is 0 Å². The molecule has 1 rings (SSSR count). The molecule has 2 unspecified atom stereocenters. The summed E-state index contributed by atoms with van der Waals surface area (Å²) in [5.74, 6) is 0.0908. The summed E-state index contributed by atoms with van der Waals surface area (Å²) in [6, 6.07) is 10.6. The molecule has 0 aliphatic heterocycles. The summed E-state index contributed by atoms with van der Waals surface area (Å²) < 4.78 is 0. The fourth-order valence-electron chi connectivity index (χ4n) is 2.33. The van der Waals surface area contributed by atoms with Crippen LogP contribution < -0.4 is 10.6 Å². The van der Waals surface area contributed by atoms with Gasteiger partial charge in [-0.3, -0.25) is 10.1 Å². The summed E-state index contributed by atoms with van der Waals surface area (Å²) in [5.41, 5.74) is 1.23. The molecule has 1 aromatic carbocycles. The monoisotopic (exact) mass is 276 g/mol. The molecule has 0 fully saturated rings. The van der Waals surface area contributed by atoms with Crippen molar-refractivity contribution in [3.63, 3.8) is 0 Å². The number of benzene rings is 1. The zero-order valence-electron chi connectivity index (χ0n) is 13.1. The minimum atomic E-state index is -0.180. The molecule has 1 amide bonds. The molecule has 3 heteroatoms. The number of rotatable bonds is 8. The first kappa shape index (κ1) is 16.7. The molecule has 20 heavy (non-hydrogen) atoms. The van der Waals surface area contributed by atoms with Crippen molar-refractivity contribution < 1.29 is 4.79 Å². The van der Waals surface area contributed by atoms with E-state index in [0.717, 1.165) is 19.3 Å². The lowest BCUT2D eigenvalue weighted by Gasteiger charge is -2.24. The lowest BCUT2D eigenvalue weighted by Crippen LogP contribution is -2.46. The molecule has 0 heterocycles. The maximum absolute atomic E-state index is 12.2. The van der Waals surface area contributed by atoms with Crippen molar-refractivity contribution >= 4 is 5.91 Å². The van der Waals surface area contributed by atoms with E-state index in [1.165, 1.54) is 5.56 Å². The second kappa shape index (κ2) is 8.75. The van der Waals surface area contributed by atoms with E-state index in [1.807, 2.05) is 25.1 Å². The van der Waals surface area contributed by atoms with Crippen molar-refractivity contribution in [2.45, 2.75) is 65.1 Å². The molecule has 3 nitrogen and oxygen atoms in total. The van der Waals surface area contributed by atoms with Crippen LogP contribution in [0.25, 0.3) is 0 Å². The molecule has 0 saturated heterocycles. The highest BCUT2D eigenvalue weighted by molar-refractivity contribution is 5.81. The zero-order valence-corrected chi connectivity index (χ0v) is 13.1. The molecule has 0 aliphatic carbocycles. The molecule has 112 valence electrons. The van der Waals surface area contributed by atoms with Gasteiger partial charge in [-0.25, -0.2) is 0 Å². The predicted molar refractivity (Wildman–Crippen MR) is 84.6 cm³/mol. The topological polar surface area (TPSA) is 41.1 Å². The second-order valence-corrected chi connectivity index (χ2v) is 5.28. The van der Waals surface area contributed by atoms with Crippen LogP contribution >= 0.6 is 0 Å². The quantitative estimate of drug-likeness (QED) is 0.764.